The average Bonchev–Trinajstić information content (AvgIpc) is 2.89. The fraction of sp³-hybridized carbons (Fsp3) is 1.00. The second kappa shape index (κ2) is 3.65. The van der Waals surface area contributed by atoms with Crippen molar-refractivity contribution >= 4 is 0 Å². The summed E-state index contributed by atoms with van der Waals surface area (Å²) in [6.45, 7) is 4.11. The van der Waals surface area contributed by atoms with Crippen LogP contribution in [0, 0.1) is 11.3 Å². The molecule has 2 aliphatic rings. The van der Waals surface area contributed by atoms with Crippen molar-refractivity contribution in [1.29, 1.82) is 0 Å². The van der Waals surface area contributed by atoms with Crippen LogP contribution in [0.15, 0.2) is 0 Å². The van der Waals surface area contributed by atoms with Crippen molar-refractivity contribution in [3.05, 3.63) is 0 Å². The first-order chi connectivity index (χ1) is 6.93. The van der Waals surface area contributed by atoms with Gasteiger partial charge in [0.1, 0.15) is 0 Å². The van der Waals surface area contributed by atoms with Crippen molar-refractivity contribution in [2.75, 3.05) is 19.6 Å². The minimum atomic E-state index is -3.99. The van der Waals surface area contributed by atoms with Crippen LogP contribution in [0.4, 0.5) is 13.2 Å². The number of nitrogens with zero attached hydrogens (tertiary/aromatic N) is 1. The molecule has 0 amide bonds. The van der Waals surface area contributed by atoms with E-state index >= 15 is 0 Å². The fourth-order valence-corrected chi connectivity index (χ4v) is 2.33. The first-order valence-corrected chi connectivity index (χ1v) is 5.72. The van der Waals surface area contributed by atoms with E-state index in [2.05, 4.69) is 6.92 Å². The van der Waals surface area contributed by atoms with Crippen LogP contribution in [0.2, 0.25) is 0 Å². The Morgan fingerprint density at radius 3 is 2.13 bits per heavy atom. The van der Waals surface area contributed by atoms with E-state index in [9.17, 15) is 13.2 Å². The van der Waals surface area contributed by atoms with Crippen LogP contribution in [0.1, 0.15) is 32.6 Å². The summed E-state index contributed by atoms with van der Waals surface area (Å²) < 4.78 is 38.1. The van der Waals surface area contributed by atoms with E-state index in [1.165, 1.54) is 0 Å². The smallest absolute Gasteiger partial charge is 0.302 e. The third-order valence-corrected chi connectivity index (χ3v) is 3.86. The number of likely N-dealkylation sites (tertiary alicyclic amines) is 1. The number of piperidine rings is 1. The molecule has 0 bridgehead atoms. The molecule has 4 heteroatoms. The Bertz CT molecular complexity index is 224. The number of hydrogen-bond donors (Lipinski definition) is 0. The van der Waals surface area contributed by atoms with Crippen LogP contribution in [0.5, 0.6) is 0 Å². The van der Waals surface area contributed by atoms with Gasteiger partial charge in [0.2, 0.25) is 0 Å². The summed E-state index contributed by atoms with van der Waals surface area (Å²) in [7, 11) is 0. The molecule has 0 unspecified atom stereocenters. The van der Waals surface area contributed by atoms with Gasteiger partial charge in [-0.1, -0.05) is 6.92 Å². The lowest BCUT2D eigenvalue weighted by atomic mass is 9.97. The van der Waals surface area contributed by atoms with E-state index in [0.717, 1.165) is 25.9 Å². The van der Waals surface area contributed by atoms with Gasteiger partial charge in [-0.25, -0.2) is 0 Å². The van der Waals surface area contributed by atoms with Gasteiger partial charge in [0.05, 0.1) is 5.41 Å². The van der Waals surface area contributed by atoms with Gasteiger partial charge in [0, 0.05) is 6.54 Å². The predicted molar refractivity (Wildman–Crippen MR) is 52.6 cm³/mol. The molecular formula is C11H18F3N. The molecule has 88 valence electrons. The Balaban J connectivity index is 1.87. The maximum absolute atomic E-state index is 12.7. The van der Waals surface area contributed by atoms with Crippen LogP contribution in [0.25, 0.3) is 0 Å². The van der Waals surface area contributed by atoms with Crippen molar-refractivity contribution in [3.63, 3.8) is 0 Å². The van der Waals surface area contributed by atoms with Gasteiger partial charge in [-0.3, -0.25) is 0 Å². The molecule has 1 heterocycles. The summed E-state index contributed by atoms with van der Waals surface area (Å²) >= 11 is 0. The molecule has 2 rings (SSSR count). The van der Waals surface area contributed by atoms with E-state index in [1.54, 1.807) is 0 Å². The van der Waals surface area contributed by atoms with Gasteiger partial charge in [-0.05, 0) is 44.7 Å². The Kier molecular flexibility index (Phi) is 2.73. The lowest BCUT2D eigenvalue weighted by Gasteiger charge is -2.33. The molecule has 1 saturated carbocycles. The zero-order chi connectivity index (χ0) is 11.1. The second-order valence-electron chi connectivity index (χ2n) is 5.24. The molecule has 0 aromatic rings. The Hall–Kier alpha value is -0.250. The average molecular weight is 221 g/mol. The van der Waals surface area contributed by atoms with Gasteiger partial charge in [0.15, 0.2) is 0 Å². The molecule has 0 atom stereocenters. The van der Waals surface area contributed by atoms with Gasteiger partial charge < -0.3 is 4.90 Å². The lowest BCUT2D eigenvalue weighted by molar-refractivity contribution is -0.192. The summed E-state index contributed by atoms with van der Waals surface area (Å²) in [5, 5.41) is 0. The molecule has 0 spiro atoms. The van der Waals surface area contributed by atoms with E-state index in [4.69, 9.17) is 0 Å². The van der Waals surface area contributed by atoms with Crippen LogP contribution in [-0.4, -0.2) is 30.7 Å². The van der Waals surface area contributed by atoms with E-state index in [-0.39, 0.29) is 6.54 Å². The van der Waals surface area contributed by atoms with Gasteiger partial charge in [-0.15, -0.1) is 0 Å². The number of alkyl halides is 3. The summed E-state index contributed by atoms with van der Waals surface area (Å²) in [6.07, 6.45) is -1.22. The summed E-state index contributed by atoms with van der Waals surface area (Å²) in [5.41, 5.74) is -1.34. The SMILES string of the molecule is CC1CCN(CC2(C(F)(F)F)CC2)CC1. The minimum absolute atomic E-state index is 0.239. The molecule has 0 radical (unpaired) electrons. The lowest BCUT2D eigenvalue weighted by Crippen LogP contribution is -2.42. The van der Waals surface area contributed by atoms with Crippen molar-refractivity contribution in [2.24, 2.45) is 11.3 Å². The molecule has 1 aliphatic carbocycles. The first kappa shape index (κ1) is 11.2. The topological polar surface area (TPSA) is 3.24 Å². The summed E-state index contributed by atoms with van der Waals surface area (Å²) in [5.74, 6) is 0.683. The molecule has 0 aromatic carbocycles. The molecule has 1 aliphatic heterocycles. The molecule has 2 fully saturated rings. The number of halogens is 3. The first-order valence-electron chi connectivity index (χ1n) is 5.72. The van der Waals surface area contributed by atoms with Crippen LogP contribution < -0.4 is 0 Å². The third kappa shape index (κ3) is 2.30. The van der Waals surface area contributed by atoms with Crippen LogP contribution >= 0.6 is 0 Å². The molecule has 1 nitrogen and oxygen atoms in total. The zero-order valence-electron chi connectivity index (χ0n) is 9.11. The van der Waals surface area contributed by atoms with Crippen molar-refractivity contribution < 1.29 is 13.2 Å². The normalized spacial score (nSPS) is 28.0. The third-order valence-electron chi connectivity index (χ3n) is 3.86. The minimum Gasteiger partial charge on any atom is -0.302 e. The van der Waals surface area contributed by atoms with Gasteiger partial charge >= 0.3 is 6.18 Å². The van der Waals surface area contributed by atoms with Crippen molar-refractivity contribution in [1.82, 2.24) is 4.90 Å². The highest BCUT2D eigenvalue weighted by Gasteiger charge is 2.63. The van der Waals surface area contributed by atoms with Crippen molar-refractivity contribution in [2.45, 2.75) is 38.8 Å². The maximum Gasteiger partial charge on any atom is 0.395 e. The van der Waals surface area contributed by atoms with E-state index < -0.39 is 11.6 Å². The maximum atomic E-state index is 12.7. The van der Waals surface area contributed by atoms with Crippen LogP contribution in [-0.2, 0) is 0 Å². The second-order valence-corrected chi connectivity index (χ2v) is 5.24. The van der Waals surface area contributed by atoms with Crippen molar-refractivity contribution in [3.8, 4) is 0 Å². The molecule has 15 heavy (non-hydrogen) atoms. The number of rotatable bonds is 2. The summed E-state index contributed by atoms with van der Waals surface area (Å²) in [6, 6.07) is 0. The van der Waals surface area contributed by atoms with Gasteiger partial charge in [0.25, 0.3) is 0 Å². The predicted octanol–water partition coefficient (Wildman–Crippen LogP) is 3.06. The molecule has 0 N–H and O–H groups in total. The highest BCUT2D eigenvalue weighted by Crippen LogP contribution is 2.58. The fourth-order valence-electron chi connectivity index (χ4n) is 2.33. The Morgan fingerprint density at radius 1 is 1.20 bits per heavy atom. The Labute approximate surface area is 88.6 Å². The van der Waals surface area contributed by atoms with E-state index in [0.29, 0.717) is 18.8 Å². The largest absolute Gasteiger partial charge is 0.395 e. The quantitative estimate of drug-likeness (QED) is 0.692. The monoisotopic (exact) mass is 221 g/mol. The number of hydrogen-bond acceptors (Lipinski definition) is 1. The highest BCUT2D eigenvalue weighted by molar-refractivity contribution is 5.01. The molecular weight excluding hydrogens is 203 g/mol. The van der Waals surface area contributed by atoms with Gasteiger partial charge in [-0.2, -0.15) is 13.2 Å². The summed E-state index contributed by atoms with van der Waals surface area (Å²) in [4.78, 5) is 2.00. The molecule has 0 aromatic heterocycles. The zero-order valence-corrected chi connectivity index (χ0v) is 9.11. The molecule has 1 saturated heterocycles. The highest BCUT2D eigenvalue weighted by atomic mass is 19.4. The van der Waals surface area contributed by atoms with E-state index in [1.807, 2.05) is 4.90 Å². The standard InChI is InChI=1S/C11H18F3N/c1-9-2-6-15(7-3-9)8-10(4-5-10)11(12,13)14/h9H,2-8H2,1H3. The van der Waals surface area contributed by atoms with Crippen LogP contribution in [0.3, 0.4) is 0 Å². The Morgan fingerprint density at radius 2 is 1.73 bits per heavy atom.